The quantitative estimate of drug-likeness (QED) is 0.685. The van der Waals surface area contributed by atoms with E-state index in [4.69, 9.17) is 4.74 Å². The molecule has 2 unspecified atom stereocenters. The smallest absolute Gasteiger partial charge is 0.147 e. The summed E-state index contributed by atoms with van der Waals surface area (Å²) in [6, 6.07) is 0. The van der Waals surface area contributed by atoms with Gasteiger partial charge in [-0.1, -0.05) is 13.3 Å². The molecular weight excluding hydrogens is 216 g/mol. The van der Waals surface area contributed by atoms with Crippen molar-refractivity contribution in [1.82, 2.24) is 0 Å². The van der Waals surface area contributed by atoms with E-state index in [1.54, 1.807) is 0 Å². The van der Waals surface area contributed by atoms with Crippen LogP contribution >= 0.6 is 0 Å². The van der Waals surface area contributed by atoms with E-state index in [0.29, 0.717) is 6.61 Å². The van der Waals surface area contributed by atoms with E-state index in [1.807, 2.05) is 13.8 Å². The van der Waals surface area contributed by atoms with E-state index in [2.05, 4.69) is 0 Å². The number of rotatable bonds is 8. The Labute approximate surface area is 92.6 Å². The van der Waals surface area contributed by atoms with Gasteiger partial charge in [0.2, 0.25) is 0 Å². The molecule has 0 aromatic carbocycles. The van der Waals surface area contributed by atoms with E-state index in [-0.39, 0.29) is 18.3 Å². The molecule has 1 N–H and O–H groups in total. The van der Waals surface area contributed by atoms with Crippen molar-refractivity contribution in [3.8, 4) is 0 Å². The van der Waals surface area contributed by atoms with Crippen molar-refractivity contribution >= 4 is 9.84 Å². The van der Waals surface area contributed by atoms with Gasteiger partial charge >= 0.3 is 0 Å². The van der Waals surface area contributed by atoms with Crippen LogP contribution in [0.5, 0.6) is 0 Å². The van der Waals surface area contributed by atoms with E-state index < -0.39 is 15.9 Å². The lowest BCUT2D eigenvalue weighted by Crippen LogP contribution is -2.30. The van der Waals surface area contributed by atoms with Crippen LogP contribution in [0.25, 0.3) is 0 Å². The number of hydrogen-bond acceptors (Lipinski definition) is 4. The average molecular weight is 238 g/mol. The van der Waals surface area contributed by atoms with Gasteiger partial charge < -0.3 is 9.84 Å². The van der Waals surface area contributed by atoms with Gasteiger partial charge in [0.05, 0.1) is 18.0 Å². The summed E-state index contributed by atoms with van der Waals surface area (Å²) in [5, 5.41) is 9.75. The van der Waals surface area contributed by atoms with Gasteiger partial charge in [0.25, 0.3) is 0 Å². The standard InChI is InChI=1S/C10H22O4S/c1-4-6-10(14-5-2)9(11)7-8-15(3,12)13/h9-11H,4-8H2,1-3H3. The molecule has 2 atom stereocenters. The van der Waals surface area contributed by atoms with E-state index in [1.165, 1.54) is 6.26 Å². The highest BCUT2D eigenvalue weighted by molar-refractivity contribution is 7.90. The topological polar surface area (TPSA) is 63.6 Å². The van der Waals surface area contributed by atoms with Crippen molar-refractivity contribution in [2.75, 3.05) is 18.6 Å². The Morgan fingerprint density at radius 3 is 2.27 bits per heavy atom. The maximum Gasteiger partial charge on any atom is 0.147 e. The molecule has 0 aliphatic carbocycles. The van der Waals surface area contributed by atoms with E-state index >= 15 is 0 Å². The van der Waals surface area contributed by atoms with Gasteiger partial charge in [0.1, 0.15) is 9.84 Å². The Hall–Kier alpha value is -0.130. The molecule has 0 saturated heterocycles. The van der Waals surface area contributed by atoms with E-state index in [9.17, 15) is 13.5 Å². The summed E-state index contributed by atoms with van der Waals surface area (Å²) >= 11 is 0. The van der Waals surface area contributed by atoms with Crippen molar-refractivity contribution in [3.05, 3.63) is 0 Å². The normalized spacial score (nSPS) is 16.3. The molecule has 0 spiro atoms. The molecule has 4 nitrogen and oxygen atoms in total. The van der Waals surface area contributed by atoms with Gasteiger partial charge in [-0.3, -0.25) is 0 Å². The third-order valence-corrected chi connectivity index (χ3v) is 3.14. The highest BCUT2D eigenvalue weighted by Gasteiger charge is 2.19. The third kappa shape index (κ3) is 7.76. The van der Waals surface area contributed by atoms with Crippen LogP contribution < -0.4 is 0 Å². The predicted molar refractivity (Wildman–Crippen MR) is 60.7 cm³/mol. The monoisotopic (exact) mass is 238 g/mol. The van der Waals surface area contributed by atoms with Gasteiger partial charge in [-0.2, -0.15) is 0 Å². The SMILES string of the molecule is CCCC(OCC)C(O)CCS(C)(=O)=O. The fourth-order valence-corrected chi connectivity index (χ4v) is 2.08. The Morgan fingerprint density at radius 2 is 1.87 bits per heavy atom. The van der Waals surface area contributed by atoms with Crippen LogP contribution in [0.2, 0.25) is 0 Å². The van der Waals surface area contributed by atoms with Crippen molar-refractivity contribution in [1.29, 1.82) is 0 Å². The average Bonchev–Trinajstić information content (AvgIpc) is 2.13. The molecule has 0 amide bonds. The zero-order valence-electron chi connectivity index (χ0n) is 9.77. The molecular formula is C10H22O4S. The molecule has 5 heteroatoms. The number of aliphatic hydroxyl groups is 1. The fourth-order valence-electron chi connectivity index (χ4n) is 1.41. The maximum atomic E-state index is 10.9. The molecule has 0 saturated carbocycles. The van der Waals surface area contributed by atoms with Crippen molar-refractivity contribution < 1.29 is 18.3 Å². The van der Waals surface area contributed by atoms with Crippen LogP contribution in [0.3, 0.4) is 0 Å². The largest absolute Gasteiger partial charge is 0.390 e. The van der Waals surface area contributed by atoms with E-state index in [0.717, 1.165) is 12.8 Å². The minimum atomic E-state index is -3.00. The summed E-state index contributed by atoms with van der Waals surface area (Å²) in [6.45, 7) is 4.42. The molecule has 0 aliphatic heterocycles. The lowest BCUT2D eigenvalue weighted by Gasteiger charge is -2.22. The minimum Gasteiger partial charge on any atom is -0.390 e. The minimum absolute atomic E-state index is 0.0153. The molecule has 0 fully saturated rings. The molecule has 0 aromatic heterocycles. The molecule has 0 rings (SSSR count). The first kappa shape index (κ1) is 14.9. The number of hydrogen-bond donors (Lipinski definition) is 1. The van der Waals surface area contributed by atoms with Crippen LogP contribution in [0, 0.1) is 0 Å². The van der Waals surface area contributed by atoms with Crippen molar-refractivity contribution in [2.45, 2.75) is 45.3 Å². The lowest BCUT2D eigenvalue weighted by atomic mass is 10.1. The molecule has 0 aliphatic rings. The summed E-state index contributed by atoms with van der Waals surface area (Å²) in [5.41, 5.74) is 0. The summed E-state index contributed by atoms with van der Waals surface area (Å²) in [7, 11) is -3.00. The first-order chi connectivity index (χ1) is 6.90. The Bertz CT molecular complexity index is 242. The highest BCUT2D eigenvalue weighted by Crippen LogP contribution is 2.11. The van der Waals surface area contributed by atoms with Crippen LogP contribution in [-0.4, -0.2) is 44.3 Å². The summed E-state index contributed by atoms with van der Waals surface area (Å²) in [4.78, 5) is 0. The Balaban J connectivity index is 4.07. The van der Waals surface area contributed by atoms with Crippen molar-refractivity contribution in [3.63, 3.8) is 0 Å². The van der Waals surface area contributed by atoms with Crippen LogP contribution in [0.1, 0.15) is 33.1 Å². The first-order valence-electron chi connectivity index (χ1n) is 5.38. The highest BCUT2D eigenvalue weighted by atomic mass is 32.2. The summed E-state index contributed by atoms with van der Waals surface area (Å²) in [6.07, 6.45) is 2.19. The lowest BCUT2D eigenvalue weighted by molar-refractivity contribution is -0.0376. The predicted octanol–water partition coefficient (Wildman–Crippen LogP) is 0.987. The Morgan fingerprint density at radius 1 is 1.27 bits per heavy atom. The van der Waals surface area contributed by atoms with Gasteiger partial charge in [-0.05, 0) is 19.8 Å². The molecule has 0 aromatic rings. The number of sulfone groups is 1. The van der Waals surface area contributed by atoms with Crippen LogP contribution in [-0.2, 0) is 14.6 Å². The van der Waals surface area contributed by atoms with Gasteiger partial charge in [-0.25, -0.2) is 8.42 Å². The summed E-state index contributed by atoms with van der Waals surface area (Å²) < 4.78 is 27.2. The zero-order chi connectivity index (χ0) is 11.9. The van der Waals surface area contributed by atoms with Crippen LogP contribution in [0.15, 0.2) is 0 Å². The van der Waals surface area contributed by atoms with Crippen LogP contribution in [0.4, 0.5) is 0 Å². The zero-order valence-corrected chi connectivity index (χ0v) is 10.6. The third-order valence-electron chi connectivity index (χ3n) is 2.17. The van der Waals surface area contributed by atoms with Gasteiger partial charge in [0.15, 0.2) is 0 Å². The molecule has 92 valence electrons. The number of aliphatic hydroxyl groups excluding tert-OH is 1. The fraction of sp³-hybridized carbons (Fsp3) is 1.00. The first-order valence-corrected chi connectivity index (χ1v) is 7.44. The van der Waals surface area contributed by atoms with Gasteiger partial charge in [0, 0.05) is 12.9 Å². The molecule has 0 heterocycles. The second-order valence-corrected chi connectivity index (χ2v) is 6.03. The van der Waals surface area contributed by atoms with Gasteiger partial charge in [-0.15, -0.1) is 0 Å². The summed E-state index contributed by atoms with van der Waals surface area (Å²) in [5.74, 6) is 0.0153. The second kappa shape index (κ2) is 7.19. The molecule has 15 heavy (non-hydrogen) atoms. The maximum absolute atomic E-state index is 10.9. The molecule has 0 radical (unpaired) electrons. The Kier molecular flexibility index (Phi) is 7.13. The molecule has 0 bridgehead atoms. The second-order valence-electron chi connectivity index (χ2n) is 3.77. The van der Waals surface area contributed by atoms with Crippen molar-refractivity contribution in [2.24, 2.45) is 0 Å². The number of ether oxygens (including phenoxy) is 1.